The van der Waals surface area contributed by atoms with Crippen LogP contribution in [0.15, 0.2) is 29.0 Å². The minimum absolute atomic E-state index is 0.139. The molecule has 1 N–H and O–H groups in total. The highest BCUT2D eigenvalue weighted by atomic mass is 32.1. The van der Waals surface area contributed by atoms with E-state index in [9.17, 15) is 0 Å². The fraction of sp³-hybridized carbons (Fsp3) is 0.375. The van der Waals surface area contributed by atoms with Gasteiger partial charge in [-0.2, -0.15) is 11.3 Å². The summed E-state index contributed by atoms with van der Waals surface area (Å²) in [6.07, 6.45) is 0.139. The number of aryl methyl sites for hydroxylation is 1. The summed E-state index contributed by atoms with van der Waals surface area (Å²) in [5, 5.41) is 16.3. The van der Waals surface area contributed by atoms with E-state index in [-0.39, 0.29) is 6.10 Å². The summed E-state index contributed by atoms with van der Waals surface area (Å²) in [5.41, 5.74) is 3.16. The summed E-state index contributed by atoms with van der Waals surface area (Å²) >= 11 is 3.51. The Kier molecular flexibility index (Phi) is 4.26. The number of ether oxygens (including phenoxy) is 1. The van der Waals surface area contributed by atoms with Crippen molar-refractivity contribution in [2.75, 3.05) is 6.54 Å². The van der Waals surface area contributed by atoms with Gasteiger partial charge < -0.3 is 10.1 Å². The van der Waals surface area contributed by atoms with Crippen LogP contribution in [0, 0.1) is 6.92 Å². The van der Waals surface area contributed by atoms with Gasteiger partial charge in [-0.25, -0.2) is 4.68 Å². The summed E-state index contributed by atoms with van der Waals surface area (Å²) in [5.74, 6) is 0. The molecule has 0 saturated carbocycles. The van der Waals surface area contributed by atoms with Crippen LogP contribution in [0.1, 0.15) is 15.4 Å². The van der Waals surface area contributed by atoms with E-state index in [1.54, 1.807) is 11.3 Å². The van der Waals surface area contributed by atoms with E-state index in [4.69, 9.17) is 4.74 Å². The van der Waals surface area contributed by atoms with Crippen LogP contribution < -0.4 is 5.32 Å². The molecule has 0 spiro atoms. The van der Waals surface area contributed by atoms with Crippen LogP contribution in [-0.2, 0) is 24.4 Å². The van der Waals surface area contributed by atoms with Crippen LogP contribution in [0.3, 0.4) is 0 Å². The minimum Gasteiger partial charge on any atom is -0.369 e. The molecule has 0 fully saturated rings. The summed E-state index contributed by atoms with van der Waals surface area (Å²) < 4.78 is 7.97. The zero-order chi connectivity index (χ0) is 15.6. The van der Waals surface area contributed by atoms with Gasteiger partial charge in [0.25, 0.3) is 0 Å². The first kappa shape index (κ1) is 15.0. The average Bonchev–Trinajstić information content (AvgIpc) is 3.27. The van der Waals surface area contributed by atoms with Gasteiger partial charge in [-0.05, 0) is 30.5 Å². The van der Waals surface area contributed by atoms with Gasteiger partial charge in [0.05, 0.1) is 24.9 Å². The third-order valence-corrected chi connectivity index (χ3v) is 5.62. The van der Waals surface area contributed by atoms with Crippen molar-refractivity contribution in [1.82, 2.24) is 20.3 Å². The lowest BCUT2D eigenvalue weighted by atomic mass is 10.2. The molecule has 3 aromatic rings. The number of fused-ring (bicyclic) bond motifs is 1. The van der Waals surface area contributed by atoms with E-state index in [0.29, 0.717) is 6.61 Å². The lowest BCUT2D eigenvalue weighted by Gasteiger charge is -2.24. The molecule has 120 valence electrons. The Balaban J connectivity index is 1.36. The van der Waals surface area contributed by atoms with Crippen LogP contribution in [0.2, 0.25) is 0 Å². The predicted octanol–water partition coefficient (Wildman–Crippen LogP) is 3.07. The first-order valence-electron chi connectivity index (χ1n) is 7.62. The normalized spacial score (nSPS) is 17.3. The molecule has 0 aliphatic carbocycles. The molecule has 1 atom stereocenters. The molecule has 0 unspecified atom stereocenters. The Morgan fingerprint density at radius 2 is 2.35 bits per heavy atom. The second kappa shape index (κ2) is 6.52. The number of hydrogen-bond donors (Lipinski definition) is 1. The maximum absolute atomic E-state index is 5.99. The van der Waals surface area contributed by atoms with E-state index in [0.717, 1.165) is 36.6 Å². The molecule has 1 aliphatic rings. The quantitative estimate of drug-likeness (QED) is 0.771. The third-order valence-electron chi connectivity index (χ3n) is 3.93. The van der Waals surface area contributed by atoms with E-state index in [1.807, 2.05) is 16.0 Å². The van der Waals surface area contributed by atoms with E-state index < -0.39 is 0 Å². The van der Waals surface area contributed by atoms with Gasteiger partial charge >= 0.3 is 0 Å². The first-order valence-corrected chi connectivity index (χ1v) is 9.38. The predicted molar refractivity (Wildman–Crippen MR) is 92.7 cm³/mol. The maximum Gasteiger partial charge on any atom is 0.119 e. The van der Waals surface area contributed by atoms with Crippen molar-refractivity contribution in [2.45, 2.75) is 32.7 Å². The van der Waals surface area contributed by atoms with Crippen molar-refractivity contribution in [3.05, 3.63) is 44.4 Å². The van der Waals surface area contributed by atoms with Gasteiger partial charge in [-0.1, -0.05) is 5.21 Å². The molecule has 4 heterocycles. The number of hydrogen-bond acceptors (Lipinski definition) is 6. The molecule has 5 nitrogen and oxygen atoms in total. The number of thiophene rings is 2. The van der Waals surface area contributed by atoms with Gasteiger partial charge in [0, 0.05) is 33.8 Å². The summed E-state index contributed by atoms with van der Waals surface area (Å²) in [6, 6.07) is 6.41. The highest BCUT2D eigenvalue weighted by molar-refractivity contribution is 7.11. The average molecular weight is 346 g/mol. The number of nitrogens with one attached hydrogen (secondary N) is 1. The lowest BCUT2D eigenvalue weighted by molar-refractivity contribution is 0.00128. The van der Waals surface area contributed by atoms with Crippen molar-refractivity contribution >= 4 is 22.7 Å². The van der Waals surface area contributed by atoms with Crippen LogP contribution in [0.4, 0.5) is 0 Å². The Morgan fingerprint density at radius 3 is 3.13 bits per heavy atom. The van der Waals surface area contributed by atoms with Crippen LogP contribution in [0.25, 0.3) is 11.3 Å². The fourth-order valence-electron chi connectivity index (χ4n) is 2.75. The highest BCUT2D eigenvalue weighted by Gasteiger charge is 2.24. The van der Waals surface area contributed by atoms with E-state index >= 15 is 0 Å². The second-order valence-electron chi connectivity index (χ2n) is 5.66. The molecule has 0 amide bonds. The molecule has 23 heavy (non-hydrogen) atoms. The molecule has 7 heteroatoms. The Bertz CT molecular complexity index is 778. The second-order valence-corrected chi connectivity index (χ2v) is 7.81. The number of nitrogens with zero attached hydrogens (tertiary/aromatic N) is 3. The molecular weight excluding hydrogens is 328 g/mol. The van der Waals surface area contributed by atoms with Gasteiger partial charge in [0.15, 0.2) is 0 Å². The Hall–Kier alpha value is -1.54. The van der Waals surface area contributed by atoms with Crippen molar-refractivity contribution in [3.63, 3.8) is 0 Å². The molecule has 0 saturated heterocycles. The lowest BCUT2D eigenvalue weighted by Crippen LogP contribution is -2.36. The van der Waals surface area contributed by atoms with Crippen LogP contribution >= 0.6 is 22.7 Å². The van der Waals surface area contributed by atoms with Gasteiger partial charge in [-0.3, -0.25) is 0 Å². The van der Waals surface area contributed by atoms with Crippen LogP contribution in [-0.4, -0.2) is 27.6 Å². The Labute approximate surface area is 142 Å². The standard InChI is InChI=1S/C16H18N4OS2/c1-11-2-3-14(23-11)7-17-6-13-8-20-15(9-21-13)16(18-19-20)12-4-5-22-10-12/h2-5,10,13,17H,6-9H2,1H3/t13-/m0/s1. The summed E-state index contributed by atoms with van der Waals surface area (Å²) in [7, 11) is 0. The smallest absolute Gasteiger partial charge is 0.119 e. The molecule has 0 radical (unpaired) electrons. The van der Waals surface area contributed by atoms with E-state index in [1.165, 1.54) is 9.75 Å². The number of aromatic nitrogens is 3. The molecule has 0 aromatic carbocycles. The van der Waals surface area contributed by atoms with Gasteiger partial charge in [0.2, 0.25) is 0 Å². The largest absolute Gasteiger partial charge is 0.369 e. The summed E-state index contributed by atoms with van der Waals surface area (Å²) in [6.45, 7) is 5.17. The van der Waals surface area contributed by atoms with E-state index in [2.05, 4.69) is 51.5 Å². The minimum atomic E-state index is 0.139. The third kappa shape index (κ3) is 3.23. The van der Waals surface area contributed by atoms with Crippen molar-refractivity contribution < 1.29 is 4.74 Å². The van der Waals surface area contributed by atoms with Crippen molar-refractivity contribution in [1.29, 1.82) is 0 Å². The fourth-order valence-corrected chi connectivity index (χ4v) is 4.25. The maximum atomic E-state index is 5.99. The van der Waals surface area contributed by atoms with Crippen LogP contribution in [0.5, 0.6) is 0 Å². The van der Waals surface area contributed by atoms with Crippen molar-refractivity contribution in [2.24, 2.45) is 0 Å². The first-order chi connectivity index (χ1) is 11.3. The monoisotopic (exact) mass is 346 g/mol. The zero-order valence-corrected chi connectivity index (χ0v) is 14.5. The molecular formula is C16H18N4OS2. The SMILES string of the molecule is Cc1ccc(CNC[C@H]2Cn3nnc(-c4ccsc4)c3CO2)s1. The summed E-state index contributed by atoms with van der Waals surface area (Å²) in [4.78, 5) is 2.71. The van der Waals surface area contributed by atoms with Crippen molar-refractivity contribution in [3.8, 4) is 11.3 Å². The molecule has 1 aliphatic heterocycles. The molecule has 3 aromatic heterocycles. The zero-order valence-electron chi connectivity index (χ0n) is 12.9. The highest BCUT2D eigenvalue weighted by Crippen LogP contribution is 2.26. The molecule has 4 rings (SSSR count). The van der Waals surface area contributed by atoms with Gasteiger partial charge in [0.1, 0.15) is 5.69 Å². The Morgan fingerprint density at radius 1 is 1.39 bits per heavy atom. The number of rotatable bonds is 5. The topological polar surface area (TPSA) is 52.0 Å². The molecule has 0 bridgehead atoms. The van der Waals surface area contributed by atoms with Gasteiger partial charge in [-0.15, -0.1) is 16.4 Å².